The summed E-state index contributed by atoms with van der Waals surface area (Å²) in [5.74, 6) is -0.277. The molecule has 0 heterocycles. The Hall–Kier alpha value is -1.16. The van der Waals surface area contributed by atoms with Crippen LogP contribution < -0.4 is 5.32 Å². The highest BCUT2D eigenvalue weighted by Gasteiger charge is 2.18. The standard InChI is InChI=1S/C15H18BrNO2/c16-12-8-6-11(7-9-12)14(18)10-15(19)17-13-4-2-1-3-5-13/h6-9,13H,1-5,10H2,(H,17,19). The molecule has 0 bridgehead atoms. The minimum atomic E-state index is -0.153. The summed E-state index contributed by atoms with van der Waals surface area (Å²) in [6.07, 6.45) is 5.62. The molecule has 0 saturated heterocycles. The van der Waals surface area contributed by atoms with Crippen molar-refractivity contribution in [3.8, 4) is 0 Å². The van der Waals surface area contributed by atoms with Crippen molar-refractivity contribution in [3.05, 3.63) is 34.3 Å². The number of hydrogen-bond acceptors (Lipinski definition) is 2. The van der Waals surface area contributed by atoms with Gasteiger partial charge in [0.1, 0.15) is 0 Å². The second-order valence-corrected chi connectivity index (χ2v) is 5.92. The van der Waals surface area contributed by atoms with E-state index in [-0.39, 0.29) is 24.2 Å². The summed E-state index contributed by atoms with van der Waals surface area (Å²) in [6.45, 7) is 0. The monoisotopic (exact) mass is 323 g/mol. The van der Waals surface area contributed by atoms with Gasteiger partial charge in [0.25, 0.3) is 0 Å². The Kier molecular flexibility index (Phi) is 5.14. The molecule has 2 rings (SSSR count). The second-order valence-electron chi connectivity index (χ2n) is 5.01. The van der Waals surface area contributed by atoms with Crippen molar-refractivity contribution in [2.45, 2.75) is 44.6 Å². The maximum absolute atomic E-state index is 11.9. The number of carbonyl (C=O) groups excluding carboxylic acids is 2. The number of amides is 1. The lowest BCUT2D eigenvalue weighted by atomic mass is 9.95. The van der Waals surface area contributed by atoms with Gasteiger partial charge in [-0.25, -0.2) is 0 Å². The van der Waals surface area contributed by atoms with Crippen molar-refractivity contribution >= 4 is 27.6 Å². The minimum Gasteiger partial charge on any atom is -0.353 e. The average Bonchev–Trinajstić information content (AvgIpc) is 2.40. The van der Waals surface area contributed by atoms with Crippen LogP contribution in [0.5, 0.6) is 0 Å². The number of carbonyl (C=O) groups is 2. The number of rotatable bonds is 4. The van der Waals surface area contributed by atoms with Crippen LogP contribution in [0.25, 0.3) is 0 Å². The Morgan fingerprint density at radius 3 is 2.37 bits per heavy atom. The molecule has 0 aliphatic heterocycles. The summed E-state index contributed by atoms with van der Waals surface area (Å²) in [7, 11) is 0. The second kappa shape index (κ2) is 6.85. The van der Waals surface area contributed by atoms with E-state index in [1.54, 1.807) is 12.1 Å². The fraction of sp³-hybridized carbons (Fsp3) is 0.467. The van der Waals surface area contributed by atoms with Crippen LogP contribution in [-0.4, -0.2) is 17.7 Å². The summed E-state index contributed by atoms with van der Waals surface area (Å²) < 4.78 is 0.927. The largest absolute Gasteiger partial charge is 0.353 e. The highest BCUT2D eigenvalue weighted by molar-refractivity contribution is 9.10. The average molecular weight is 324 g/mol. The zero-order valence-electron chi connectivity index (χ0n) is 10.8. The fourth-order valence-corrected chi connectivity index (χ4v) is 2.67. The fourth-order valence-electron chi connectivity index (χ4n) is 2.41. The van der Waals surface area contributed by atoms with E-state index >= 15 is 0 Å². The zero-order valence-corrected chi connectivity index (χ0v) is 12.4. The van der Waals surface area contributed by atoms with Gasteiger partial charge in [0.2, 0.25) is 5.91 Å². The predicted octanol–water partition coefficient (Wildman–Crippen LogP) is 3.47. The van der Waals surface area contributed by atoms with Gasteiger partial charge in [0.15, 0.2) is 5.78 Å². The van der Waals surface area contributed by atoms with Gasteiger partial charge in [-0.1, -0.05) is 47.3 Å². The van der Waals surface area contributed by atoms with Gasteiger partial charge in [0, 0.05) is 16.1 Å². The van der Waals surface area contributed by atoms with Crippen LogP contribution in [-0.2, 0) is 4.79 Å². The number of Topliss-reactive ketones (excluding diaryl/α,β-unsaturated/α-hetero) is 1. The number of benzene rings is 1. The highest BCUT2D eigenvalue weighted by atomic mass is 79.9. The Morgan fingerprint density at radius 1 is 1.11 bits per heavy atom. The first kappa shape index (κ1) is 14.3. The van der Waals surface area contributed by atoms with E-state index in [1.807, 2.05) is 12.1 Å². The first-order valence-electron chi connectivity index (χ1n) is 6.73. The molecule has 4 heteroatoms. The van der Waals surface area contributed by atoms with Gasteiger partial charge < -0.3 is 5.32 Å². The maximum atomic E-state index is 11.9. The zero-order chi connectivity index (χ0) is 13.7. The van der Waals surface area contributed by atoms with Crippen molar-refractivity contribution < 1.29 is 9.59 Å². The predicted molar refractivity (Wildman–Crippen MR) is 78.1 cm³/mol. The molecule has 1 fully saturated rings. The van der Waals surface area contributed by atoms with Crippen molar-refractivity contribution in [1.82, 2.24) is 5.32 Å². The van der Waals surface area contributed by atoms with Gasteiger partial charge in [-0.3, -0.25) is 9.59 Å². The number of hydrogen-bond donors (Lipinski definition) is 1. The Labute approximate surface area is 121 Å². The molecule has 102 valence electrons. The third-order valence-corrected chi connectivity index (χ3v) is 3.99. The van der Waals surface area contributed by atoms with Crippen LogP contribution in [0.1, 0.15) is 48.9 Å². The van der Waals surface area contributed by atoms with Gasteiger partial charge in [-0.15, -0.1) is 0 Å². The Bertz CT molecular complexity index is 450. The van der Waals surface area contributed by atoms with E-state index in [4.69, 9.17) is 0 Å². The number of nitrogens with one attached hydrogen (secondary N) is 1. The molecule has 3 nitrogen and oxygen atoms in total. The molecule has 1 aliphatic carbocycles. The summed E-state index contributed by atoms with van der Waals surface area (Å²) in [5.41, 5.74) is 0.585. The lowest BCUT2D eigenvalue weighted by molar-refractivity contribution is -0.121. The molecule has 19 heavy (non-hydrogen) atoms. The van der Waals surface area contributed by atoms with Crippen LogP contribution in [0.15, 0.2) is 28.7 Å². The highest BCUT2D eigenvalue weighted by Crippen LogP contribution is 2.17. The van der Waals surface area contributed by atoms with E-state index in [1.165, 1.54) is 19.3 Å². The molecular weight excluding hydrogens is 306 g/mol. The van der Waals surface area contributed by atoms with Gasteiger partial charge in [0.05, 0.1) is 6.42 Å². The van der Waals surface area contributed by atoms with Gasteiger partial charge in [-0.2, -0.15) is 0 Å². The number of ketones is 1. The molecule has 1 saturated carbocycles. The quantitative estimate of drug-likeness (QED) is 0.681. The molecule has 1 N–H and O–H groups in total. The molecule has 1 aromatic carbocycles. The molecule has 0 atom stereocenters. The summed E-state index contributed by atoms with van der Waals surface area (Å²) >= 11 is 3.32. The van der Waals surface area contributed by atoms with Crippen LogP contribution >= 0.6 is 15.9 Å². The molecular formula is C15H18BrNO2. The smallest absolute Gasteiger partial charge is 0.228 e. The third kappa shape index (κ3) is 4.46. The van der Waals surface area contributed by atoms with E-state index in [0.29, 0.717) is 5.56 Å². The first-order chi connectivity index (χ1) is 9.15. The molecule has 1 aromatic rings. The molecule has 0 aromatic heterocycles. The summed E-state index contributed by atoms with van der Waals surface area (Å²) in [5, 5.41) is 2.96. The van der Waals surface area contributed by atoms with Crippen molar-refractivity contribution in [2.75, 3.05) is 0 Å². The first-order valence-corrected chi connectivity index (χ1v) is 7.52. The van der Waals surface area contributed by atoms with Crippen molar-refractivity contribution in [1.29, 1.82) is 0 Å². The summed E-state index contributed by atoms with van der Waals surface area (Å²) in [4.78, 5) is 23.8. The molecule has 0 radical (unpaired) electrons. The minimum absolute atomic E-state index is 0.0574. The van der Waals surface area contributed by atoms with Gasteiger partial charge >= 0.3 is 0 Å². The summed E-state index contributed by atoms with van der Waals surface area (Å²) in [6, 6.07) is 7.36. The molecule has 0 unspecified atom stereocenters. The number of halogens is 1. The Balaban J connectivity index is 1.84. The molecule has 1 amide bonds. The topological polar surface area (TPSA) is 46.2 Å². The van der Waals surface area contributed by atoms with E-state index < -0.39 is 0 Å². The Morgan fingerprint density at radius 2 is 1.74 bits per heavy atom. The van der Waals surface area contributed by atoms with Crippen LogP contribution in [0.4, 0.5) is 0 Å². The third-order valence-electron chi connectivity index (χ3n) is 3.46. The van der Waals surface area contributed by atoms with Gasteiger partial charge in [-0.05, 0) is 25.0 Å². The normalized spacial score (nSPS) is 16.1. The SMILES string of the molecule is O=C(CC(=O)c1ccc(Br)cc1)NC1CCCCC1. The van der Waals surface area contributed by atoms with E-state index in [0.717, 1.165) is 17.3 Å². The van der Waals surface area contributed by atoms with Crippen molar-refractivity contribution in [3.63, 3.8) is 0 Å². The van der Waals surface area contributed by atoms with Crippen LogP contribution in [0.2, 0.25) is 0 Å². The molecule has 1 aliphatic rings. The van der Waals surface area contributed by atoms with E-state index in [2.05, 4.69) is 21.2 Å². The maximum Gasteiger partial charge on any atom is 0.228 e. The molecule has 0 spiro atoms. The van der Waals surface area contributed by atoms with Crippen LogP contribution in [0.3, 0.4) is 0 Å². The van der Waals surface area contributed by atoms with E-state index in [9.17, 15) is 9.59 Å². The lowest BCUT2D eigenvalue weighted by Gasteiger charge is -2.22. The lowest BCUT2D eigenvalue weighted by Crippen LogP contribution is -2.37. The van der Waals surface area contributed by atoms with Crippen LogP contribution in [0, 0.1) is 0 Å². The van der Waals surface area contributed by atoms with Crippen molar-refractivity contribution in [2.24, 2.45) is 0 Å².